The maximum Gasteiger partial charge on any atom is 0.251 e. The van der Waals surface area contributed by atoms with E-state index >= 15 is 0 Å². The summed E-state index contributed by atoms with van der Waals surface area (Å²) < 4.78 is 0. The lowest BCUT2D eigenvalue weighted by Gasteiger charge is -2.15. The summed E-state index contributed by atoms with van der Waals surface area (Å²) in [5, 5.41) is 3.30. The Balaban J connectivity index is 2.48. The van der Waals surface area contributed by atoms with E-state index in [1.54, 1.807) is 18.2 Å². The Bertz CT molecular complexity index is 405. The standard InChI is InChI=1S/C13H20ClN3O/c1-3-17(4-2)8-7-16-13(18)10-5-6-12(15)11(14)9-10/h5-6,9H,3-4,7-8,15H2,1-2H3,(H,16,18)/p+1. The average Bonchev–Trinajstić information content (AvgIpc) is 2.37. The topological polar surface area (TPSA) is 59.6 Å². The number of amides is 1. The van der Waals surface area contributed by atoms with Crippen LogP contribution in [0.25, 0.3) is 0 Å². The van der Waals surface area contributed by atoms with Crippen LogP contribution in [0.4, 0.5) is 5.69 Å². The third-order valence-electron chi connectivity index (χ3n) is 3.03. The zero-order valence-corrected chi connectivity index (χ0v) is 11.7. The molecule has 0 bridgehead atoms. The van der Waals surface area contributed by atoms with Crippen LogP contribution in [0.3, 0.4) is 0 Å². The van der Waals surface area contributed by atoms with Crippen molar-refractivity contribution in [3.8, 4) is 0 Å². The predicted molar refractivity (Wildman–Crippen MR) is 75.1 cm³/mol. The average molecular weight is 271 g/mol. The zero-order valence-electron chi connectivity index (χ0n) is 10.9. The van der Waals surface area contributed by atoms with E-state index in [0.717, 1.165) is 19.6 Å². The second-order valence-corrected chi connectivity index (χ2v) is 4.61. The Kier molecular flexibility index (Phi) is 5.95. The number of anilines is 1. The minimum atomic E-state index is -0.108. The first-order valence-corrected chi connectivity index (χ1v) is 6.63. The highest BCUT2D eigenvalue weighted by Gasteiger charge is 2.08. The van der Waals surface area contributed by atoms with Gasteiger partial charge in [0, 0.05) is 5.56 Å². The van der Waals surface area contributed by atoms with E-state index in [2.05, 4.69) is 19.2 Å². The molecule has 0 radical (unpaired) electrons. The molecule has 0 aliphatic rings. The van der Waals surface area contributed by atoms with Crippen LogP contribution >= 0.6 is 11.6 Å². The molecule has 5 heteroatoms. The van der Waals surface area contributed by atoms with Gasteiger partial charge in [0.25, 0.3) is 5.91 Å². The van der Waals surface area contributed by atoms with Crippen LogP contribution < -0.4 is 16.0 Å². The van der Waals surface area contributed by atoms with Crippen molar-refractivity contribution in [2.24, 2.45) is 0 Å². The smallest absolute Gasteiger partial charge is 0.251 e. The summed E-state index contributed by atoms with van der Waals surface area (Å²) in [6.07, 6.45) is 0. The van der Waals surface area contributed by atoms with Gasteiger partial charge in [0.15, 0.2) is 0 Å². The molecule has 0 heterocycles. The van der Waals surface area contributed by atoms with Crippen molar-refractivity contribution in [2.45, 2.75) is 13.8 Å². The zero-order chi connectivity index (χ0) is 13.5. The third kappa shape index (κ3) is 4.20. The van der Waals surface area contributed by atoms with Gasteiger partial charge >= 0.3 is 0 Å². The first-order chi connectivity index (χ1) is 8.58. The summed E-state index contributed by atoms with van der Waals surface area (Å²) >= 11 is 5.88. The van der Waals surface area contributed by atoms with Crippen LogP contribution in [0.2, 0.25) is 5.02 Å². The number of hydrogen-bond acceptors (Lipinski definition) is 2. The fourth-order valence-electron chi connectivity index (χ4n) is 1.73. The molecule has 0 aliphatic carbocycles. The van der Waals surface area contributed by atoms with E-state index in [-0.39, 0.29) is 5.91 Å². The van der Waals surface area contributed by atoms with Crippen LogP contribution in [-0.2, 0) is 0 Å². The van der Waals surface area contributed by atoms with Crippen LogP contribution in [0.5, 0.6) is 0 Å². The van der Waals surface area contributed by atoms with Gasteiger partial charge in [0.2, 0.25) is 0 Å². The van der Waals surface area contributed by atoms with E-state index in [1.807, 2.05) is 0 Å². The Hall–Kier alpha value is -1.26. The van der Waals surface area contributed by atoms with Gasteiger partial charge in [-0.15, -0.1) is 0 Å². The van der Waals surface area contributed by atoms with Gasteiger partial charge in [-0.05, 0) is 32.0 Å². The van der Waals surface area contributed by atoms with Crippen molar-refractivity contribution >= 4 is 23.2 Å². The lowest BCUT2D eigenvalue weighted by atomic mass is 10.2. The van der Waals surface area contributed by atoms with Crippen LogP contribution in [-0.4, -0.2) is 32.1 Å². The van der Waals surface area contributed by atoms with Crippen LogP contribution in [0.1, 0.15) is 24.2 Å². The molecule has 100 valence electrons. The molecule has 0 unspecified atom stereocenters. The van der Waals surface area contributed by atoms with Gasteiger partial charge in [0.05, 0.1) is 36.9 Å². The van der Waals surface area contributed by atoms with Crippen molar-refractivity contribution in [3.05, 3.63) is 28.8 Å². The number of nitrogen functional groups attached to an aromatic ring is 1. The fourth-order valence-corrected chi connectivity index (χ4v) is 1.91. The number of halogens is 1. The van der Waals surface area contributed by atoms with Gasteiger partial charge < -0.3 is 16.0 Å². The fraction of sp³-hybridized carbons (Fsp3) is 0.462. The summed E-state index contributed by atoms with van der Waals surface area (Å²) in [6, 6.07) is 4.92. The van der Waals surface area contributed by atoms with Gasteiger partial charge in [-0.3, -0.25) is 4.79 Å². The molecule has 0 spiro atoms. The SMILES string of the molecule is CC[NH+](CC)CCNC(=O)c1ccc(N)c(Cl)c1. The maximum absolute atomic E-state index is 11.8. The maximum atomic E-state index is 11.8. The molecule has 4 N–H and O–H groups in total. The number of hydrogen-bond donors (Lipinski definition) is 3. The van der Waals surface area contributed by atoms with E-state index in [0.29, 0.717) is 22.8 Å². The molecule has 0 aromatic heterocycles. The van der Waals surface area contributed by atoms with Crippen molar-refractivity contribution in [1.29, 1.82) is 0 Å². The molecule has 1 amide bonds. The summed E-state index contributed by atoms with van der Waals surface area (Å²) in [5.74, 6) is -0.108. The number of likely N-dealkylation sites (N-methyl/N-ethyl adjacent to an activating group) is 1. The van der Waals surface area contributed by atoms with Gasteiger partial charge in [-0.1, -0.05) is 11.6 Å². The van der Waals surface area contributed by atoms with Crippen molar-refractivity contribution in [1.82, 2.24) is 5.32 Å². The van der Waals surface area contributed by atoms with E-state index in [4.69, 9.17) is 17.3 Å². The molecule has 0 aliphatic heterocycles. The molecule has 0 fully saturated rings. The first-order valence-electron chi connectivity index (χ1n) is 6.25. The van der Waals surface area contributed by atoms with E-state index < -0.39 is 0 Å². The second kappa shape index (κ2) is 7.24. The number of rotatable bonds is 6. The second-order valence-electron chi connectivity index (χ2n) is 4.20. The highest BCUT2D eigenvalue weighted by molar-refractivity contribution is 6.33. The number of carbonyl (C=O) groups is 1. The molecular formula is C13H21ClN3O+. The summed E-state index contributed by atoms with van der Waals surface area (Å²) in [4.78, 5) is 13.3. The molecule has 1 rings (SSSR count). The van der Waals surface area contributed by atoms with Crippen molar-refractivity contribution in [2.75, 3.05) is 31.9 Å². The minimum Gasteiger partial charge on any atom is -0.398 e. The molecule has 4 nitrogen and oxygen atoms in total. The van der Waals surface area contributed by atoms with Crippen molar-refractivity contribution in [3.63, 3.8) is 0 Å². The largest absolute Gasteiger partial charge is 0.398 e. The monoisotopic (exact) mass is 270 g/mol. The number of quaternary nitrogens is 1. The lowest BCUT2D eigenvalue weighted by Crippen LogP contribution is -3.12. The summed E-state index contributed by atoms with van der Waals surface area (Å²) in [6.45, 7) is 8.01. The lowest BCUT2D eigenvalue weighted by molar-refractivity contribution is -0.895. The summed E-state index contributed by atoms with van der Waals surface area (Å²) in [5.41, 5.74) is 6.63. The van der Waals surface area contributed by atoms with Crippen molar-refractivity contribution < 1.29 is 9.69 Å². The van der Waals surface area contributed by atoms with Crippen LogP contribution in [0, 0.1) is 0 Å². The third-order valence-corrected chi connectivity index (χ3v) is 3.35. The molecule has 18 heavy (non-hydrogen) atoms. The van der Waals surface area contributed by atoms with Gasteiger partial charge in [0.1, 0.15) is 0 Å². The van der Waals surface area contributed by atoms with E-state index in [1.165, 1.54) is 4.90 Å². The highest BCUT2D eigenvalue weighted by atomic mass is 35.5. The molecule has 1 aromatic carbocycles. The van der Waals surface area contributed by atoms with E-state index in [9.17, 15) is 4.79 Å². The molecular weight excluding hydrogens is 250 g/mol. The summed E-state index contributed by atoms with van der Waals surface area (Å²) in [7, 11) is 0. The first kappa shape index (κ1) is 14.8. The molecule has 0 atom stereocenters. The quantitative estimate of drug-likeness (QED) is 0.662. The highest BCUT2D eigenvalue weighted by Crippen LogP contribution is 2.19. The Morgan fingerprint density at radius 3 is 2.61 bits per heavy atom. The number of carbonyl (C=O) groups excluding carboxylic acids is 1. The number of nitrogens with one attached hydrogen (secondary N) is 2. The van der Waals surface area contributed by atoms with Gasteiger partial charge in [-0.2, -0.15) is 0 Å². The predicted octanol–water partition coefficient (Wildman–Crippen LogP) is 0.577. The normalized spacial score (nSPS) is 10.7. The Morgan fingerprint density at radius 1 is 1.39 bits per heavy atom. The minimum absolute atomic E-state index is 0.108. The van der Waals surface area contributed by atoms with Crippen LogP contribution in [0.15, 0.2) is 18.2 Å². The number of nitrogens with two attached hydrogens (primary N) is 1. The Morgan fingerprint density at radius 2 is 2.06 bits per heavy atom. The molecule has 0 saturated heterocycles. The Labute approximate surface area is 113 Å². The van der Waals surface area contributed by atoms with Gasteiger partial charge in [-0.25, -0.2) is 0 Å². The number of benzene rings is 1. The molecule has 0 saturated carbocycles. The molecule has 1 aromatic rings.